The van der Waals surface area contributed by atoms with Crippen molar-refractivity contribution >= 4 is 23.5 Å². The number of hydrogen-bond acceptors (Lipinski definition) is 3. The summed E-state index contributed by atoms with van der Waals surface area (Å²) in [6.07, 6.45) is 2.87. The second-order valence-corrected chi connectivity index (χ2v) is 5.92. The highest BCUT2D eigenvalue weighted by Crippen LogP contribution is 2.21. The topological polar surface area (TPSA) is 84.2 Å². The largest absolute Gasteiger partial charge is 0.481 e. The molecule has 0 bridgehead atoms. The molecule has 7 heteroatoms. The molecule has 1 heterocycles. The molecule has 0 aliphatic rings. The maximum atomic E-state index is 12.3. The number of carbonyl (C=O) groups is 2. The van der Waals surface area contributed by atoms with E-state index in [9.17, 15) is 9.59 Å². The zero-order chi connectivity index (χ0) is 17.0. The van der Waals surface area contributed by atoms with Crippen LogP contribution in [0.25, 0.3) is 0 Å². The normalized spacial score (nSPS) is 12.2. The van der Waals surface area contributed by atoms with Gasteiger partial charge in [0, 0.05) is 17.3 Å². The number of nitrogens with one attached hydrogen (secondary N) is 1. The minimum atomic E-state index is -1.01. The Balaban J connectivity index is 2.19. The molecule has 2 rings (SSSR count). The summed E-state index contributed by atoms with van der Waals surface area (Å²) in [5, 5.41) is 16.4. The molecular formula is C16H18ClN3O3. The monoisotopic (exact) mass is 335 g/mol. The van der Waals surface area contributed by atoms with Crippen LogP contribution in [0.1, 0.15) is 48.3 Å². The summed E-state index contributed by atoms with van der Waals surface area (Å²) in [6, 6.07) is 6.26. The van der Waals surface area contributed by atoms with Gasteiger partial charge in [-0.3, -0.25) is 14.3 Å². The summed E-state index contributed by atoms with van der Waals surface area (Å²) in [5.41, 5.74) is 1.03. The zero-order valence-corrected chi connectivity index (χ0v) is 13.6. The molecular weight excluding hydrogens is 318 g/mol. The lowest BCUT2D eigenvalue weighted by atomic mass is 10.0. The third kappa shape index (κ3) is 4.56. The van der Waals surface area contributed by atoms with Gasteiger partial charge in [0.2, 0.25) is 0 Å². The fourth-order valence-corrected chi connectivity index (χ4v) is 2.33. The predicted molar refractivity (Wildman–Crippen MR) is 86.5 cm³/mol. The van der Waals surface area contributed by atoms with Gasteiger partial charge in [-0.1, -0.05) is 23.7 Å². The molecule has 0 aliphatic carbocycles. The van der Waals surface area contributed by atoms with Crippen LogP contribution in [0.15, 0.2) is 36.7 Å². The summed E-state index contributed by atoms with van der Waals surface area (Å²) in [5.74, 6) is -1.38. The second-order valence-electron chi connectivity index (χ2n) is 5.48. The lowest BCUT2D eigenvalue weighted by Crippen LogP contribution is -2.30. The highest BCUT2D eigenvalue weighted by Gasteiger charge is 2.20. The third-order valence-corrected chi connectivity index (χ3v) is 3.56. The first kappa shape index (κ1) is 17.0. The van der Waals surface area contributed by atoms with Crippen molar-refractivity contribution in [2.45, 2.75) is 32.4 Å². The summed E-state index contributed by atoms with van der Waals surface area (Å²) in [6.45, 7) is 3.90. The Morgan fingerprint density at radius 3 is 2.70 bits per heavy atom. The SMILES string of the molecule is CC(C)n1cc(C(=O)NC(CC(=O)O)c2cccc(Cl)c2)cn1. The van der Waals surface area contributed by atoms with Crippen LogP contribution >= 0.6 is 11.6 Å². The summed E-state index contributed by atoms with van der Waals surface area (Å²) in [4.78, 5) is 23.4. The number of amides is 1. The number of aromatic nitrogens is 2. The van der Waals surface area contributed by atoms with E-state index in [-0.39, 0.29) is 18.4 Å². The van der Waals surface area contributed by atoms with Crippen molar-refractivity contribution in [2.24, 2.45) is 0 Å². The number of carboxylic acid groups (broad SMARTS) is 1. The van der Waals surface area contributed by atoms with Gasteiger partial charge in [0.05, 0.1) is 24.2 Å². The Hall–Kier alpha value is -2.34. The Labute approximate surface area is 139 Å². The lowest BCUT2D eigenvalue weighted by molar-refractivity contribution is -0.137. The van der Waals surface area contributed by atoms with Crippen molar-refractivity contribution in [1.82, 2.24) is 15.1 Å². The van der Waals surface area contributed by atoms with Crippen molar-refractivity contribution < 1.29 is 14.7 Å². The van der Waals surface area contributed by atoms with Crippen LogP contribution in [-0.4, -0.2) is 26.8 Å². The second kappa shape index (κ2) is 7.28. The molecule has 1 aromatic heterocycles. The van der Waals surface area contributed by atoms with E-state index in [1.54, 1.807) is 35.1 Å². The number of hydrogen-bond donors (Lipinski definition) is 2. The maximum Gasteiger partial charge on any atom is 0.305 e. The van der Waals surface area contributed by atoms with E-state index in [2.05, 4.69) is 10.4 Å². The minimum Gasteiger partial charge on any atom is -0.481 e. The third-order valence-electron chi connectivity index (χ3n) is 3.33. The van der Waals surface area contributed by atoms with Crippen LogP contribution in [0, 0.1) is 0 Å². The number of benzene rings is 1. The van der Waals surface area contributed by atoms with Crippen LogP contribution in [0.3, 0.4) is 0 Å². The Morgan fingerprint density at radius 2 is 2.13 bits per heavy atom. The molecule has 1 atom stereocenters. The fraction of sp³-hybridized carbons (Fsp3) is 0.312. The van der Waals surface area contributed by atoms with Gasteiger partial charge in [0.1, 0.15) is 0 Å². The quantitative estimate of drug-likeness (QED) is 0.849. The van der Waals surface area contributed by atoms with E-state index in [1.165, 1.54) is 6.20 Å². The van der Waals surface area contributed by atoms with Crippen molar-refractivity contribution in [3.8, 4) is 0 Å². The van der Waals surface area contributed by atoms with E-state index in [0.29, 0.717) is 16.1 Å². The molecule has 0 saturated carbocycles. The number of halogens is 1. The number of carbonyl (C=O) groups excluding carboxylic acids is 1. The molecule has 2 aromatic rings. The van der Waals surface area contributed by atoms with E-state index in [0.717, 1.165) is 0 Å². The Bertz CT molecular complexity index is 712. The van der Waals surface area contributed by atoms with Crippen molar-refractivity contribution in [1.29, 1.82) is 0 Å². The van der Waals surface area contributed by atoms with E-state index < -0.39 is 12.0 Å². The zero-order valence-electron chi connectivity index (χ0n) is 12.9. The molecule has 0 saturated heterocycles. The van der Waals surface area contributed by atoms with Gasteiger partial charge in [-0.2, -0.15) is 5.10 Å². The standard InChI is InChI=1S/C16H18ClN3O3/c1-10(2)20-9-12(8-18-20)16(23)19-14(7-15(21)22)11-4-3-5-13(17)6-11/h3-6,8-10,14H,7H2,1-2H3,(H,19,23)(H,21,22). The molecule has 1 aromatic carbocycles. The van der Waals surface area contributed by atoms with Crippen molar-refractivity contribution in [3.05, 3.63) is 52.8 Å². The van der Waals surface area contributed by atoms with E-state index in [4.69, 9.17) is 16.7 Å². The number of rotatable bonds is 6. The molecule has 1 unspecified atom stereocenters. The van der Waals surface area contributed by atoms with Crippen LogP contribution < -0.4 is 5.32 Å². The van der Waals surface area contributed by atoms with Gasteiger partial charge < -0.3 is 10.4 Å². The molecule has 0 radical (unpaired) electrons. The smallest absolute Gasteiger partial charge is 0.305 e. The molecule has 122 valence electrons. The average Bonchev–Trinajstić information content (AvgIpc) is 2.96. The van der Waals surface area contributed by atoms with Crippen LogP contribution in [-0.2, 0) is 4.79 Å². The van der Waals surface area contributed by atoms with Crippen molar-refractivity contribution in [3.63, 3.8) is 0 Å². The van der Waals surface area contributed by atoms with Crippen LogP contribution in [0.2, 0.25) is 5.02 Å². The maximum absolute atomic E-state index is 12.3. The molecule has 0 fully saturated rings. The first-order valence-corrected chi connectivity index (χ1v) is 7.57. The van der Waals surface area contributed by atoms with Gasteiger partial charge in [0.25, 0.3) is 5.91 Å². The number of aliphatic carboxylic acids is 1. The Morgan fingerprint density at radius 1 is 1.39 bits per heavy atom. The molecule has 23 heavy (non-hydrogen) atoms. The highest BCUT2D eigenvalue weighted by molar-refractivity contribution is 6.30. The van der Waals surface area contributed by atoms with Gasteiger partial charge in [0.15, 0.2) is 0 Å². The molecule has 2 N–H and O–H groups in total. The summed E-state index contributed by atoms with van der Waals surface area (Å²) < 4.78 is 1.67. The highest BCUT2D eigenvalue weighted by atomic mass is 35.5. The van der Waals surface area contributed by atoms with Crippen LogP contribution in [0.5, 0.6) is 0 Å². The van der Waals surface area contributed by atoms with E-state index in [1.807, 2.05) is 13.8 Å². The van der Waals surface area contributed by atoms with Gasteiger partial charge in [-0.25, -0.2) is 0 Å². The van der Waals surface area contributed by atoms with Crippen molar-refractivity contribution in [2.75, 3.05) is 0 Å². The molecule has 0 spiro atoms. The first-order valence-electron chi connectivity index (χ1n) is 7.19. The van der Waals surface area contributed by atoms with Gasteiger partial charge >= 0.3 is 5.97 Å². The first-order chi connectivity index (χ1) is 10.9. The minimum absolute atomic E-state index is 0.138. The summed E-state index contributed by atoms with van der Waals surface area (Å²) >= 11 is 5.94. The number of nitrogens with zero attached hydrogens (tertiary/aromatic N) is 2. The van der Waals surface area contributed by atoms with Crippen LogP contribution in [0.4, 0.5) is 0 Å². The molecule has 0 aliphatic heterocycles. The number of carboxylic acids is 1. The lowest BCUT2D eigenvalue weighted by Gasteiger charge is -2.17. The Kier molecular flexibility index (Phi) is 5.39. The molecule has 6 nitrogen and oxygen atoms in total. The summed E-state index contributed by atoms with van der Waals surface area (Å²) in [7, 11) is 0. The van der Waals surface area contributed by atoms with Gasteiger partial charge in [-0.05, 0) is 31.5 Å². The molecule has 1 amide bonds. The van der Waals surface area contributed by atoms with Gasteiger partial charge in [-0.15, -0.1) is 0 Å². The average molecular weight is 336 g/mol. The fourth-order valence-electron chi connectivity index (χ4n) is 2.13. The predicted octanol–water partition coefficient (Wildman–Crippen LogP) is 3.06. The van der Waals surface area contributed by atoms with E-state index >= 15 is 0 Å².